The van der Waals surface area contributed by atoms with E-state index in [1.54, 1.807) is 0 Å². The number of carboxylic acids is 1. The highest BCUT2D eigenvalue weighted by molar-refractivity contribution is 7.99. The molecule has 2 atom stereocenters. The Kier molecular flexibility index (Phi) is 5.13. The van der Waals surface area contributed by atoms with Crippen LogP contribution in [0, 0.1) is 5.92 Å². The maximum absolute atomic E-state index is 10.8. The van der Waals surface area contributed by atoms with E-state index in [1.165, 1.54) is 43.1 Å². The fourth-order valence-electron chi connectivity index (χ4n) is 3.02. The van der Waals surface area contributed by atoms with Crippen molar-refractivity contribution in [3.8, 4) is 0 Å². The molecule has 20 heavy (non-hydrogen) atoms. The van der Waals surface area contributed by atoms with Crippen LogP contribution in [0.3, 0.4) is 0 Å². The Bertz CT molecular complexity index is 470. The van der Waals surface area contributed by atoms with E-state index in [9.17, 15) is 4.79 Å². The molecule has 4 nitrogen and oxygen atoms in total. The molecule has 1 aromatic rings. The monoisotopic (exact) mass is 296 g/mol. The maximum atomic E-state index is 10.8. The Morgan fingerprint density at radius 1 is 1.55 bits per heavy atom. The van der Waals surface area contributed by atoms with Gasteiger partial charge in [-0.15, -0.1) is 0 Å². The SMILES string of the molecule is CC1CCCC(n2c(C(C)C)cnc2SCC(=O)O)C1. The molecule has 1 saturated carbocycles. The Labute approximate surface area is 125 Å². The van der Waals surface area contributed by atoms with E-state index >= 15 is 0 Å². The van der Waals surface area contributed by atoms with Crippen LogP contribution in [-0.4, -0.2) is 26.4 Å². The fraction of sp³-hybridized carbons (Fsp3) is 0.733. The van der Waals surface area contributed by atoms with Gasteiger partial charge in [0.25, 0.3) is 0 Å². The second-order valence-electron chi connectivity index (χ2n) is 6.10. The van der Waals surface area contributed by atoms with Crippen molar-refractivity contribution in [2.75, 3.05) is 5.75 Å². The molecule has 0 aliphatic heterocycles. The van der Waals surface area contributed by atoms with Gasteiger partial charge >= 0.3 is 5.97 Å². The zero-order valence-electron chi connectivity index (χ0n) is 12.5. The van der Waals surface area contributed by atoms with E-state index in [0.717, 1.165) is 11.1 Å². The molecular weight excluding hydrogens is 272 g/mol. The minimum atomic E-state index is -0.785. The van der Waals surface area contributed by atoms with Crippen LogP contribution in [0.1, 0.15) is 64.1 Å². The summed E-state index contributed by atoms with van der Waals surface area (Å²) in [5.74, 6) is 0.455. The van der Waals surface area contributed by atoms with Crippen LogP contribution < -0.4 is 0 Å². The molecule has 1 aromatic heterocycles. The van der Waals surface area contributed by atoms with Gasteiger partial charge in [0.15, 0.2) is 5.16 Å². The summed E-state index contributed by atoms with van der Waals surface area (Å²) >= 11 is 1.34. The van der Waals surface area contributed by atoms with Gasteiger partial charge in [-0.25, -0.2) is 4.98 Å². The lowest BCUT2D eigenvalue weighted by Crippen LogP contribution is -2.20. The molecule has 1 aliphatic rings. The summed E-state index contributed by atoms with van der Waals surface area (Å²) in [5.41, 5.74) is 1.23. The molecule has 0 radical (unpaired) electrons. The predicted molar refractivity (Wildman–Crippen MR) is 81.3 cm³/mol. The topological polar surface area (TPSA) is 55.1 Å². The van der Waals surface area contributed by atoms with Crippen LogP contribution >= 0.6 is 11.8 Å². The third kappa shape index (κ3) is 3.57. The second-order valence-corrected chi connectivity index (χ2v) is 7.04. The first-order valence-corrected chi connectivity index (χ1v) is 8.39. The Morgan fingerprint density at radius 3 is 2.90 bits per heavy atom. The number of nitrogens with zero attached hydrogens (tertiary/aromatic N) is 2. The highest BCUT2D eigenvalue weighted by Crippen LogP contribution is 2.37. The third-order valence-electron chi connectivity index (χ3n) is 3.98. The number of hydrogen-bond donors (Lipinski definition) is 1. The molecule has 1 N–H and O–H groups in total. The molecule has 1 aliphatic carbocycles. The first-order chi connectivity index (χ1) is 9.49. The third-order valence-corrected chi connectivity index (χ3v) is 4.93. The van der Waals surface area contributed by atoms with Crippen molar-refractivity contribution in [1.29, 1.82) is 0 Å². The van der Waals surface area contributed by atoms with E-state index in [0.29, 0.717) is 12.0 Å². The van der Waals surface area contributed by atoms with Crippen molar-refractivity contribution in [3.05, 3.63) is 11.9 Å². The van der Waals surface area contributed by atoms with Crippen molar-refractivity contribution in [1.82, 2.24) is 9.55 Å². The first kappa shape index (κ1) is 15.4. The van der Waals surface area contributed by atoms with E-state index in [1.807, 2.05) is 6.20 Å². The average Bonchev–Trinajstić information content (AvgIpc) is 2.80. The van der Waals surface area contributed by atoms with Crippen molar-refractivity contribution >= 4 is 17.7 Å². The standard InChI is InChI=1S/C15H24N2O2S/c1-10(2)13-8-16-15(20-9-14(18)19)17(13)12-6-4-5-11(3)7-12/h8,10-12H,4-7,9H2,1-3H3,(H,18,19). The number of aliphatic carboxylic acids is 1. The van der Waals surface area contributed by atoms with Gasteiger partial charge in [0.2, 0.25) is 0 Å². The van der Waals surface area contributed by atoms with Crippen LogP contribution in [0.5, 0.6) is 0 Å². The largest absolute Gasteiger partial charge is 0.481 e. The Morgan fingerprint density at radius 2 is 2.30 bits per heavy atom. The van der Waals surface area contributed by atoms with Crippen LogP contribution in [0.2, 0.25) is 0 Å². The Balaban J connectivity index is 2.26. The van der Waals surface area contributed by atoms with Gasteiger partial charge in [-0.3, -0.25) is 4.79 Å². The number of rotatable bonds is 5. The summed E-state index contributed by atoms with van der Waals surface area (Å²) < 4.78 is 2.31. The van der Waals surface area contributed by atoms with Crippen LogP contribution in [0.4, 0.5) is 0 Å². The number of aromatic nitrogens is 2. The van der Waals surface area contributed by atoms with E-state index < -0.39 is 5.97 Å². The highest BCUT2D eigenvalue weighted by Gasteiger charge is 2.25. The molecule has 0 spiro atoms. The quantitative estimate of drug-likeness (QED) is 0.836. The smallest absolute Gasteiger partial charge is 0.313 e. The average molecular weight is 296 g/mol. The minimum absolute atomic E-state index is 0.0802. The predicted octanol–water partition coefficient (Wildman–Crippen LogP) is 3.93. The van der Waals surface area contributed by atoms with Crippen molar-refractivity contribution in [2.24, 2.45) is 5.92 Å². The fourth-order valence-corrected chi connectivity index (χ4v) is 3.79. The second kappa shape index (κ2) is 6.66. The maximum Gasteiger partial charge on any atom is 0.313 e. The Hall–Kier alpha value is -0.970. The molecule has 5 heteroatoms. The van der Waals surface area contributed by atoms with Crippen LogP contribution in [0.25, 0.3) is 0 Å². The van der Waals surface area contributed by atoms with Gasteiger partial charge < -0.3 is 9.67 Å². The number of hydrogen-bond acceptors (Lipinski definition) is 3. The first-order valence-electron chi connectivity index (χ1n) is 7.40. The number of thioether (sulfide) groups is 1. The van der Waals surface area contributed by atoms with Gasteiger partial charge in [-0.05, 0) is 24.7 Å². The normalized spacial score (nSPS) is 23.2. The van der Waals surface area contributed by atoms with Gasteiger partial charge in [0.05, 0.1) is 5.75 Å². The molecule has 112 valence electrons. The molecule has 1 heterocycles. The number of carbonyl (C=O) groups is 1. The molecule has 0 saturated heterocycles. The lowest BCUT2D eigenvalue weighted by atomic mass is 9.86. The summed E-state index contributed by atoms with van der Waals surface area (Å²) in [6.07, 6.45) is 6.84. The molecule has 0 bridgehead atoms. The van der Waals surface area contributed by atoms with E-state index in [2.05, 4.69) is 30.3 Å². The summed E-state index contributed by atoms with van der Waals surface area (Å²) in [4.78, 5) is 15.3. The summed E-state index contributed by atoms with van der Waals surface area (Å²) in [7, 11) is 0. The van der Waals surface area contributed by atoms with E-state index in [4.69, 9.17) is 5.11 Å². The van der Waals surface area contributed by atoms with Crippen molar-refractivity contribution < 1.29 is 9.90 Å². The summed E-state index contributed by atoms with van der Waals surface area (Å²) in [6, 6.07) is 0.481. The van der Waals surface area contributed by atoms with Gasteiger partial charge in [-0.1, -0.05) is 45.4 Å². The van der Waals surface area contributed by atoms with Crippen LogP contribution in [0.15, 0.2) is 11.4 Å². The van der Waals surface area contributed by atoms with Crippen molar-refractivity contribution in [2.45, 2.75) is 63.6 Å². The molecule has 2 unspecified atom stereocenters. The van der Waals surface area contributed by atoms with Crippen molar-refractivity contribution in [3.63, 3.8) is 0 Å². The minimum Gasteiger partial charge on any atom is -0.481 e. The van der Waals surface area contributed by atoms with Gasteiger partial charge in [0.1, 0.15) is 0 Å². The zero-order chi connectivity index (χ0) is 14.7. The summed E-state index contributed by atoms with van der Waals surface area (Å²) in [6.45, 7) is 6.65. The lowest BCUT2D eigenvalue weighted by molar-refractivity contribution is -0.133. The highest BCUT2D eigenvalue weighted by atomic mass is 32.2. The number of imidazole rings is 1. The molecule has 2 rings (SSSR count). The van der Waals surface area contributed by atoms with Gasteiger partial charge in [-0.2, -0.15) is 0 Å². The van der Waals surface area contributed by atoms with E-state index in [-0.39, 0.29) is 5.75 Å². The van der Waals surface area contributed by atoms with Gasteiger partial charge in [0, 0.05) is 17.9 Å². The molecular formula is C15H24N2O2S. The zero-order valence-corrected chi connectivity index (χ0v) is 13.3. The summed E-state index contributed by atoms with van der Waals surface area (Å²) in [5, 5.41) is 9.75. The molecule has 0 aromatic carbocycles. The molecule has 0 amide bonds. The van der Waals surface area contributed by atoms with Crippen LogP contribution in [-0.2, 0) is 4.79 Å². The lowest BCUT2D eigenvalue weighted by Gasteiger charge is -2.30. The number of carboxylic acid groups (broad SMARTS) is 1. The molecule has 1 fully saturated rings.